The fourth-order valence-corrected chi connectivity index (χ4v) is 4.86. The first-order valence-electron chi connectivity index (χ1n) is 11.2. The van der Waals surface area contributed by atoms with E-state index in [0.717, 1.165) is 24.6 Å². The number of hydrogen-bond donors (Lipinski definition) is 1. The highest BCUT2D eigenvalue weighted by Crippen LogP contribution is 2.49. The Hall–Kier alpha value is -2.60. The Kier molecular flexibility index (Phi) is 7.13. The highest BCUT2D eigenvalue weighted by Gasteiger charge is 2.52. The van der Waals surface area contributed by atoms with Crippen LogP contribution in [-0.4, -0.2) is 29.4 Å². The van der Waals surface area contributed by atoms with E-state index in [1.807, 2.05) is 12.1 Å². The van der Waals surface area contributed by atoms with Crippen LogP contribution >= 0.6 is 0 Å². The van der Waals surface area contributed by atoms with E-state index in [4.69, 9.17) is 13.9 Å². The number of fused-ring (bicyclic) bond motifs is 1. The molecule has 1 heterocycles. The molecular weight excluding hydrogens is 408 g/mol. The van der Waals surface area contributed by atoms with Crippen molar-refractivity contribution < 1.29 is 23.8 Å². The molecule has 6 nitrogen and oxygen atoms in total. The van der Waals surface area contributed by atoms with Crippen molar-refractivity contribution in [3.63, 3.8) is 0 Å². The normalized spacial score (nSPS) is 25.5. The molecule has 1 saturated carbocycles. The second-order valence-corrected chi connectivity index (χ2v) is 9.76. The van der Waals surface area contributed by atoms with Crippen LogP contribution in [0.25, 0.3) is 11.0 Å². The maximum Gasteiger partial charge on any atom is 0.336 e. The van der Waals surface area contributed by atoms with E-state index in [-0.39, 0.29) is 17.0 Å². The van der Waals surface area contributed by atoms with Crippen molar-refractivity contribution in [1.82, 2.24) is 0 Å². The monoisotopic (exact) mass is 442 g/mol. The third-order valence-corrected chi connectivity index (χ3v) is 6.74. The molecule has 1 N–H and O–H groups in total. The van der Waals surface area contributed by atoms with Gasteiger partial charge in [0, 0.05) is 29.9 Å². The lowest BCUT2D eigenvalue weighted by atomic mass is 9.60. The van der Waals surface area contributed by atoms with E-state index in [0.29, 0.717) is 30.3 Å². The predicted octanol–water partition coefficient (Wildman–Crippen LogP) is 5.02. The molecular formula is C26H34O6. The number of aliphatic hydroxyl groups is 1. The van der Waals surface area contributed by atoms with Crippen LogP contribution in [0, 0.1) is 11.3 Å². The van der Waals surface area contributed by atoms with Gasteiger partial charge >= 0.3 is 11.6 Å². The number of ether oxygens (including phenoxy) is 2. The van der Waals surface area contributed by atoms with Crippen LogP contribution < -0.4 is 10.4 Å². The number of hydrogen-bond acceptors (Lipinski definition) is 6. The molecule has 174 valence electrons. The molecule has 1 aromatic carbocycles. The SMILES string of the molecule is CC(=O)O[C@H]1C(C)(C)[C@@H](CC/C(C)=C/COc2ccc3ccc(=O)oc3c2)CC[C@]1(C)O. The van der Waals surface area contributed by atoms with Crippen LogP contribution in [0.5, 0.6) is 5.75 Å². The molecule has 3 atom stereocenters. The second-order valence-electron chi connectivity index (χ2n) is 9.76. The number of benzene rings is 1. The number of carbonyl (C=O) groups is 1. The summed E-state index contributed by atoms with van der Waals surface area (Å²) in [5.74, 6) is 0.626. The van der Waals surface area contributed by atoms with Crippen molar-refractivity contribution in [1.29, 1.82) is 0 Å². The summed E-state index contributed by atoms with van der Waals surface area (Å²) in [4.78, 5) is 23.0. The van der Waals surface area contributed by atoms with E-state index in [1.54, 1.807) is 19.1 Å². The Morgan fingerprint density at radius 3 is 2.66 bits per heavy atom. The largest absolute Gasteiger partial charge is 0.489 e. The number of carbonyl (C=O) groups excluding carboxylic acids is 1. The predicted molar refractivity (Wildman–Crippen MR) is 124 cm³/mol. The summed E-state index contributed by atoms with van der Waals surface area (Å²) in [5, 5.41) is 11.6. The zero-order valence-electron chi connectivity index (χ0n) is 19.6. The van der Waals surface area contributed by atoms with E-state index in [1.165, 1.54) is 18.6 Å². The van der Waals surface area contributed by atoms with Crippen molar-refractivity contribution in [2.45, 2.75) is 72.0 Å². The van der Waals surface area contributed by atoms with E-state index >= 15 is 0 Å². The minimum atomic E-state index is -1.01. The molecule has 1 aliphatic rings. The van der Waals surface area contributed by atoms with Gasteiger partial charge in [0.25, 0.3) is 0 Å². The molecule has 0 amide bonds. The van der Waals surface area contributed by atoms with Gasteiger partial charge in [-0.2, -0.15) is 0 Å². The molecule has 1 aliphatic carbocycles. The zero-order valence-corrected chi connectivity index (χ0v) is 19.6. The first-order valence-corrected chi connectivity index (χ1v) is 11.2. The Morgan fingerprint density at radius 2 is 1.94 bits per heavy atom. The average molecular weight is 443 g/mol. The van der Waals surface area contributed by atoms with Gasteiger partial charge in [-0.25, -0.2) is 4.79 Å². The van der Waals surface area contributed by atoms with Gasteiger partial charge in [0.05, 0.1) is 5.60 Å². The van der Waals surface area contributed by atoms with E-state index in [2.05, 4.69) is 26.8 Å². The molecule has 0 unspecified atom stereocenters. The van der Waals surface area contributed by atoms with Crippen molar-refractivity contribution >= 4 is 16.9 Å². The van der Waals surface area contributed by atoms with Gasteiger partial charge in [0.2, 0.25) is 0 Å². The Bertz CT molecular complexity index is 1050. The third-order valence-electron chi connectivity index (χ3n) is 6.74. The third kappa shape index (κ3) is 5.60. The Balaban J connectivity index is 1.57. The summed E-state index contributed by atoms with van der Waals surface area (Å²) in [6.45, 7) is 9.83. The lowest BCUT2D eigenvalue weighted by Gasteiger charge is -2.51. The Morgan fingerprint density at radius 1 is 1.22 bits per heavy atom. The van der Waals surface area contributed by atoms with Gasteiger partial charge in [-0.1, -0.05) is 19.4 Å². The molecule has 1 aromatic heterocycles. The molecule has 0 saturated heterocycles. The number of esters is 1. The maximum atomic E-state index is 11.6. The molecule has 6 heteroatoms. The molecule has 32 heavy (non-hydrogen) atoms. The van der Waals surface area contributed by atoms with Crippen molar-refractivity contribution in [2.75, 3.05) is 6.61 Å². The average Bonchev–Trinajstić information content (AvgIpc) is 2.70. The second kappa shape index (κ2) is 9.49. The van der Waals surface area contributed by atoms with Crippen molar-refractivity contribution in [2.24, 2.45) is 11.3 Å². The molecule has 1 fully saturated rings. The van der Waals surface area contributed by atoms with Crippen LogP contribution in [0.2, 0.25) is 0 Å². The lowest BCUT2D eigenvalue weighted by Crippen LogP contribution is -2.57. The zero-order chi connectivity index (χ0) is 23.5. The number of rotatable bonds is 7. The van der Waals surface area contributed by atoms with Gasteiger partial charge in [-0.3, -0.25) is 4.79 Å². The first-order chi connectivity index (χ1) is 15.0. The highest BCUT2D eigenvalue weighted by molar-refractivity contribution is 5.77. The summed E-state index contributed by atoms with van der Waals surface area (Å²) in [7, 11) is 0. The van der Waals surface area contributed by atoms with Crippen LogP contribution in [0.1, 0.15) is 60.3 Å². The molecule has 2 aromatic rings. The van der Waals surface area contributed by atoms with Gasteiger partial charge < -0.3 is 19.0 Å². The first kappa shape index (κ1) is 24.1. The number of allylic oxidation sites excluding steroid dienone is 1. The molecule has 0 aliphatic heterocycles. The quantitative estimate of drug-likeness (QED) is 0.368. The van der Waals surface area contributed by atoms with E-state index in [9.17, 15) is 14.7 Å². The maximum absolute atomic E-state index is 11.6. The van der Waals surface area contributed by atoms with Gasteiger partial charge in [0.15, 0.2) is 0 Å². The van der Waals surface area contributed by atoms with Gasteiger partial charge in [-0.05, 0) is 69.7 Å². The van der Waals surface area contributed by atoms with Crippen LogP contribution in [0.3, 0.4) is 0 Å². The minimum absolute atomic E-state index is 0.320. The summed E-state index contributed by atoms with van der Waals surface area (Å²) in [5.41, 5.74) is 0.0132. The van der Waals surface area contributed by atoms with Crippen molar-refractivity contribution in [3.8, 4) is 5.75 Å². The van der Waals surface area contributed by atoms with Crippen LogP contribution in [0.4, 0.5) is 0 Å². The van der Waals surface area contributed by atoms with Crippen LogP contribution in [0.15, 0.2) is 51.2 Å². The van der Waals surface area contributed by atoms with Crippen molar-refractivity contribution in [3.05, 3.63) is 52.4 Å². The molecule has 0 spiro atoms. The summed E-state index contributed by atoms with van der Waals surface area (Å²) in [6, 6.07) is 8.58. The van der Waals surface area contributed by atoms with E-state index < -0.39 is 11.7 Å². The summed E-state index contributed by atoms with van der Waals surface area (Å²) in [6.07, 6.45) is 4.89. The van der Waals surface area contributed by atoms with Gasteiger partial charge in [0.1, 0.15) is 24.0 Å². The minimum Gasteiger partial charge on any atom is -0.489 e. The smallest absolute Gasteiger partial charge is 0.336 e. The summed E-state index contributed by atoms with van der Waals surface area (Å²) < 4.78 is 16.6. The van der Waals surface area contributed by atoms with Gasteiger partial charge in [-0.15, -0.1) is 0 Å². The molecule has 0 bridgehead atoms. The fraction of sp³-hybridized carbons (Fsp3) is 0.538. The summed E-state index contributed by atoms with van der Waals surface area (Å²) >= 11 is 0. The fourth-order valence-electron chi connectivity index (χ4n) is 4.86. The lowest BCUT2D eigenvalue weighted by molar-refractivity contribution is -0.199. The standard InChI is InChI=1S/C26H34O6/c1-17(13-15-30-21-10-7-19-8-11-23(28)32-22(19)16-21)6-9-20-12-14-26(5,29)24(25(20,3)4)31-18(2)27/h7-8,10-11,13,16,20,24,29H,6,9,12,14-15H2,1-5H3/b17-13+/t20-,24-,26-/m0/s1. The molecule has 0 radical (unpaired) electrons. The highest BCUT2D eigenvalue weighted by atomic mass is 16.6. The topological polar surface area (TPSA) is 86.0 Å². The molecule has 3 rings (SSSR count). The van der Waals surface area contributed by atoms with Crippen LogP contribution in [-0.2, 0) is 9.53 Å². The Labute approximate surface area is 189 Å².